The second-order valence-corrected chi connectivity index (χ2v) is 6.19. The highest BCUT2D eigenvalue weighted by molar-refractivity contribution is 6.30. The summed E-state index contributed by atoms with van der Waals surface area (Å²) in [6, 6.07) is 8.73. The Bertz CT molecular complexity index is 769. The number of rotatable bonds is 8. The quantitative estimate of drug-likeness (QED) is 0.566. The van der Waals surface area contributed by atoms with E-state index < -0.39 is 5.97 Å². The van der Waals surface area contributed by atoms with Gasteiger partial charge < -0.3 is 19.4 Å². The molecule has 7 heteroatoms. The normalized spacial score (nSPS) is 10.5. The number of nitrogens with one attached hydrogen (secondary N) is 1. The van der Waals surface area contributed by atoms with Crippen molar-refractivity contribution in [1.82, 2.24) is 9.88 Å². The molecule has 0 radical (unpaired) electrons. The molecule has 0 bridgehead atoms. The van der Waals surface area contributed by atoms with Crippen molar-refractivity contribution < 1.29 is 19.1 Å². The molecule has 1 heterocycles. The number of hydrogen-bond acceptors (Lipinski definition) is 4. The van der Waals surface area contributed by atoms with Crippen LogP contribution in [0, 0.1) is 13.8 Å². The van der Waals surface area contributed by atoms with E-state index in [1.807, 2.05) is 25.3 Å². The van der Waals surface area contributed by atoms with Crippen LogP contribution >= 0.6 is 11.6 Å². The molecule has 0 saturated heterocycles. The van der Waals surface area contributed by atoms with Crippen LogP contribution in [0.25, 0.3) is 0 Å². The molecule has 0 aliphatic carbocycles. The van der Waals surface area contributed by atoms with Crippen LogP contribution < -0.4 is 10.1 Å². The molecule has 1 N–H and O–H groups in total. The van der Waals surface area contributed by atoms with Crippen LogP contribution in [0.1, 0.15) is 28.7 Å². The molecular formula is C19H23ClN2O4. The molecule has 0 aliphatic rings. The number of aromatic nitrogens is 1. The van der Waals surface area contributed by atoms with Crippen molar-refractivity contribution in [2.45, 2.75) is 27.3 Å². The zero-order valence-corrected chi connectivity index (χ0v) is 15.9. The highest BCUT2D eigenvalue weighted by Gasteiger charge is 2.17. The number of carbonyl (C=O) groups excluding carboxylic acids is 2. The summed E-state index contributed by atoms with van der Waals surface area (Å²) >= 11 is 5.79. The summed E-state index contributed by atoms with van der Waals surface area (Å²) in [7, 11) is 0. The lowest BCUT2D eigenvalue weighted by Crippen LogP contribution is -2.32. The van der Waals surface area contributed by atoms with Crippen LogP contribution in [0.2, 0.25) is 5.02 Å². The lowest BCUT2D eigenvalue weighted by Gasteiger charge is -2.09. The van der Waals surface area contributed by atoms with E-state index in [2.05, 4.69) is 5.32 Å². The Morgan fingerprint density at radius 3 is 2.50 bits per heavy atom. The van der Waals surface area contributed by atoms with E-state index >= 15 is 0 Å². The number of amides is 1. The maximum Gasteiger partial charge on any atom is 0.340 e. The Kier molecular flexibility index (Phi) is 7.09. The highest BCUT2D eigenvalue weighted by atomic mass is 35.5. The molecule has 26 heavy (non-hydrogen) atoms. The SMILES string of the molecule is CCn1c(C)cc(C(=O)OCC(=O)NCCOc2ccc(Cl)cc2)c1C. The molecule has 0 aliphatic heterocycles. The number of aryl methyl sites for hydroxylation is 1. The van der Waals surface area contributed by atoms with Gasteiger partial charge in [0, 0.05) is 23.0 Å². The number of hydrogen-bond donors (Lipinski definition) is 1. The van der Waals surface area contributed by atoms with Crippen molar-refractivity contribution in [2.75, 3.05) is 19.8 Å². The summed E-state index contributed by atoms with van der Waals surface area (Å²) in [4.78, 5) is 23.9. The minimum atomic E-state index is -0.495. The monoisotopic (exact) mass is 378 g/mol. The first-order valence-electron chi connectivity index (χ1n) is 8.41. The molecule has 0 saturated carbocycles. The zero-order chi connectivity index (χ0) is 19.1. The standard InChI is InChI=1S/C19H23ClN2O4/c1-4-22-13(2)11-17(14(22)3)19(24)26-12-18(23)21-9-10-25-16-7-5-15(20)6-8-16/h5-8,11H,4,9-10,12H2,1-3H3,(H,21,23). The van der Waals surface area contributed by atoms with Crippen LogP contribution in [-0.2, 0) is 16.1 Å². The molecule has 0 atom stereocenters. The number of halogens is 1. The molecule has 6 nitrogen and oxygen atoms in total. The Labute approximate surface area is 158 Å². The molecule has 1 amide bonds. The first-order chi connectivity index (χ1) is 12.4. The average Bonchev–Trinajstić information content (AvgIpc) is 2.92. The summed E-state index contributed by atoms with van der Waals surface area (Å²) in [5.41, 5.74) is 2.32. The summed E-state index contributed by atoms with van der Waals surface area (Å²) in [6.45, 7) is 6.87. The van der Waals surface area contributed by atoms with Crippen molar-refractivity contribution in [1.29, 1.82) is 0 Å². The number of benzene rings is 1. The summed E-state index contributed by atoms with van der Waals surface area (Å²) in [6.07, 6.45) is 0. The van der Waals surface area contributed by atoms with Gasteiger partial charge in [-0.1, -0.05) is 11.6 Å². The molecule has 0 fully saturated rings. The molecule has 2 rings (SSSR count). The fourth-order valence-electron chi connectivity index (χ4n) is 2.64. The number of nitrogens with zero attached hydrogens (tertiary/aromatic N) is 1. The zero-order valence-electron chi connectivity index (χ0n) is 15.2. The minimum Gasteiger partial charge on any atom is -0.492 e. The Balaban J connectivity index is 1.71. The third kappa shape index (κ3) is 5.26. The lowest BCUT2D eigenvalue weighted by molar-refractivity contribution is -0.124. The molecule has 1 aromatic carbocycles. The van der Waals surface area contributed by atoms with Gasteiger partial charge in [-0.3, -0.25) is 4.79 Å². The second kappa shape index (κ2) is 9.29. The maximum absolute atomic E-state index is 12.1. The summed E-state index contributed by atoms with van der Waals surface area (Å²) < 4.78 is 12.6. The summed E-state index contributed by atoms with van der Waals surface area (Å²) in [5, 5.41) is 3.27. The highest BCUT2D eigenvalue weighted by Crippen LogP contribution is 2.16. The van der Waals surface area contributed by atoms with E-state index in [0.29, 0.717) is 29.5 Å². The molecule has 0 unspecified atom stereocenters. The number of ether oxygens (including phenoxy) is 2. The minimum absolute atomic E-state index is 0.305. The van der Waals surface area contributed by atoms with E-state index in [0.717, 1.165) is 17.9 Å². The van der Waals surface area contributed by atoms with E-state index in [4.69, 9.17) is 21.1 Å². The van der Waals surface area contributed by atoms with Gasteiger partial charge in [-0.15, -0.1) is 0 Å². The largest absolute Gasteiger partial charge is 0.492 e. The molecule has 1 aromatic heterocycles. The van der Waals surface area contributed by atoms with Gasteiger partial charge >= 0.3 is 5.97 Å². The fraction of sp³-hybridized carbons (Fsp3) is 0.368. The van der Waals surface area contributed by atoms with Crippen LogP contribution in [0.4, 0.5) is 0 Å². The average molecular weight is 379 g/mol. The maximum atomic E-state index is 12.1. The Morgan fingerprint density at radius 1 is 1.19 bits per heavy atom. The van der Waals surface area contributed by atoms with Gasteiger partial charge in [-0.05, 0) is 51.1 Å². The van der Waals surface area contributed by atoms with Crippen molar-refractivity contribution in [3.8, 4) is 5.75 Å². The van der Waals surface area contributed by atoms with Crippen LogP contribution in [0.5, 0.6) is 5.75 Å². The fourth-order valence-corrected chi connectivity index (χ4v) is 2.77. The van der Waals surface area contributed by atoms with E-state index in [-0.39, 0.29) is 12.5 Å². The van der Waals surface area contributed by atoms with Gasteiger partial charge in [-0.25, -0.2) is 4.79 Å². The summed E-state index contributed by atoms with van der Waals surface area (Å²) in [5.74, 6) is -0.200. The molecule has 0 spiro atoms. The lowest BCUT2D eigenvalue weighted by atomic mass is 10.2. The van der Waals surface area contributed by atoms with Gasteiger partial charge in [0.25, 0.3) is 5.91 Å². The second-order valence-electron chi connectivity index (χ2n) is 5.76. The third-order valence-corrected chi connectivity index (χ3v) is 4.20. The van der Waals surface area contributed by atoms with Crippen LogP contribution in [0.15, 0.2) is 30.3 Å². The van der Waals surface area contributed by atoms with Gasteiger partial charge in [0.2, 0.25) is 0 Å². The smallest absolute Gasteiger partial charge is 0.340 e. The van der Waals surface area contributed by atoms with Crippen LogP contribution in [-0.4, -0.2) is 36.2 Å². The first kappa shape index (κ1) is 19.8. The number of esters is 1. The Morgan fingerprint density at radius 2 is 1.88 bits per heavy atom. The van der Waals surface area contributed by atoms with Gasteiger partial charge in [0.05, 0.1) is 12.1 Å². The van der Waals surface area contributed by atoms with Gasteiger partial charge in [0.15, 0.2) is 6.61 Å². The topological polar surface area (TPSA) is 69.6 Å². The van der Waals surface area contributed by atoms with Gasteiger partial charge in [0.1, 0.15) is 12.4 Å². The van der Waals surface area contributed by atoms with Crippen molar-refractivity contribution >= 4 is 23.5 Å². The third-order valence-electron chi connectivity index (χ3n) is 3.95. The van der Waals surface area contributed by atoms with Crippen molar-refractivity contribution in [3.05, 3.63) is 52.3 Å². The van der Waals surface area contributed by atoms with E-state index in [1.165, 1.54) is 0 Å². The predicted molar refractivity (Wildman–Crippen MR) is 99.8 cm³/mol. The van der Waals surface area contributed by atoms with Gasteiger partial charge in [-0.2, -0.15) is 0 Å². The molecule has 140 valence electrons. The first-order valence-corrected chi connectivity index (χ1v) is 8.79. The van der Waals surface area contributed by atoms with E-state index in [9.17, 15) is 9.59 Å². The molecular weight excluding hydrogens is 356 g/mol. The number of carbonyl (C=O) groups is 2. The van der Waals surface area contributed by atoms with E-state index in [1.54, 1.807) is 30.3 Å². The molecule has 2 aromatic rings. The van der Waals surface area contributed by atoms with Crippen LogP contribution in [0.3, 0.4) is 0 Å². The van der Waals surface area contributed by atoms with Crippen molar-refractivity contribution in [2.24, 2.45) is 0 Å². The Hall–Kier alpha value is -2.47. The predicted octanol–water partition coefficient (Wildman–Crippen LogP) is 3.13. The van der Waals surface area contributed by atoms with Crippen molar-refractivity contribution in [3.63, 3.8) is 0 Å².